The maximum Gasteiger partial charge on any atom is 0.339 e. The first-order valence-corrected chi connectivity index (χ1v) is 5.50. The molecule has 0 unspecified atom stereocenters. The molecule has 2 aromatic rings. The molecule has 1 aromatic heterocycles. The number of hydrogen-bond donors (Lipinski definition) is 1. The molecule has 0 aliphatic rings. The van der Waals surface area contributed by atoms with Crippen LogP contribution in [0.1, 0.15) is 21.6 Å². The molecular weight excluding hydrogens is 232 g/mol. The zero-order valence-electron chi connectivity index (χ0n) is 10.3. The van der Waals surface area contributed by atoms with Crippen LogP contribution < -0.4 is 4.74 Å². The van der Waals surface area contributed by atoms with E-state index < -0.39 is 5.97 Å². The molecule has 0 atom stereocenters. The number of carbonyl (C=O) groups is 1. The van der Waals surface area contributed by atoms with Gasteiger partial charge in [-0.15, -0.1) is 0 Å². The van der Waals surface area contributed by atoms with Gasteiger partial charge in [0.15, 0.2) is 0 Å². The minimum atomic E-state index is -0.992. The van der Waals surface area contributed by atoms with E-state index in [2.05, 4.69) is 5.10 Å². The number of aromatic carboxylic acids is 1. The van der Waals surface area contributed by atoms with Gasteiger partial charge in [0.05, 0.1) is 19.3 Å². The molecule has 2 rings (SSSR count). The number of ether oxygens (including phenoxy) is 1. The van der Waals surface area contributed by atoms with Crippen molar-refractivity contribution in [1.82, 2.24) is 9.78 Å². The molecule has 0 aliphatic carbocycles. The minimum absolute atomic E-state index is 0.165. The van der Waals surface area contributed by atoms with Gasteiger partial charge in [0.2, 0.25) is 0 Å². The van der Waals surface area contributed by atoms with E-state index in [0.29, 0.717) is 12.3 Å². The average molecular weight is 246 g/mol. The molecule has 94 valence electrons. The number of methoxy groups -OCH3 is 1. The fraction of sp³-hybridized carbons (Fsp3) is 0.231. The lowest BCUT2D eigenvalue weighted by Gasteiger charge is -2.08. The average Bonchev–Trinajstić information content (AvgIpc) is 2.74. The summed E-state index contributed by atoms with van der Waals surface area (Å²) in [6, 6.07) is 6.96. The van der Waals surface area contributed by atoms with Gasteiger partial charge in [0, 0.05) is 6.20 Å². The summed E-state index contributed by atoms with van der Waals surface area (Å²) in [5.41, 5.74) is 2.06. The minimum Gasteiger partial charge on any atom is -0.496 e. The third-order valence-electron chi connectivity index (χ3n) is 2.61. The van der Waals surface area contributed by atoms with Crippen molar-refractivity contribution >= 4 is 5.97 Å². The van der Waals surface area contributed by atoms with Gasteiger partial charge in [-0.1, -0.05) is 6.07 Å². The molecule has 5 nitrogen and oxygen atoms in total. The fourth-order valence-corrected chi connectivity index (χ4v) is 1.75. The molecule has 0 amide bonds. The van der Waals surface area contributed by atoms with E-state index in [-0.39, 0.29) is 5.56 Å². The normalized spacial score (nSPS) is 10.3. The van der Waals surface area contributed by atoms with Gasteiger partial charge in [-0.2, -0.15) is 5.10 Å². The Morgan fingerprint density at radius 1 is 1.44 bits per heavy atom. The van der Waals surface area contributed by atoms with E-state index in [1.807, 2.05) is 19.2 Å². The number of carboxylic acids is 1. The first-order chi connectivity index (χ1) is 8.60. The SMILES string of the molecule is COc1cc(Cn2ccc(C)n2)ccc1C(=O)O. The van der Waals surface area contributed by atoms with Crippen LogP contribution in [0.3, 0.4) is 0 Å². The molecule has 0 aliphatic heterocycles. The predicted molar refractivity (Wildman–Crippen MR) is 66.0 cm³/mol. The topological polar surface area (TPSA) is 64.4 Å². The summed E-state index contributed by atoms with van der Waals surface area (Å²) in [7, 11) is 1.46. The lowest BCUT2D eigenvalue weighted by atomic mass is 10.1. The molecule has 1 N–H and O–H groups in total. The van der Waals surface area contributed by atoms with Gasteiger partial charge >= 0.3 is 5.97 Å². The number of hydrogen-bond acceptors (Lipinski definition) is 3. The highest BCUT2D eigenvalue weighted by atomic mass is 16.5. The van der Waals surface area contributed by atoms with Gasteiger partial charge in [-0.25, -0.2) is 4.79 Å². The fourth-order valence-electron chi connectivity index (χ4n) is 1.75. The van der Waals surface area contributed by atoms with Crippen LogP contribution in [0.5, 0.6) is 5.75 Å². The second-order valence-electron chi connectivity index (χ2n) is 3.99. The highest BCUT2D eigenvalue weighted by Crippen LogP contribution is 2.20. The Hall–Kier alpha value is -2.30. The number of benzene rings is 1. The molecule has 0 spiro atoms. The van der Waals surface area contributed by atoms with Crippen LogP contribution in [0.2, 0.25) is 0 Å². The number of rotatable bonds is 4. The van der Waals surface area contributed by atoms with Crippen LogP contribution >= 0.6 is 0 Å². The summed E-state index contributed by atoms with van der Waals surface area (Å²) in [4.78, 5) is 11.0. The lowest BCUT2D eigenvalue weighted by molar-refractivity contribution is 0.0693. The molecule has 5 heteroatoms. The lowest BCUT2D eigenvalue weighted by Crippen LogP contribution is -2.04. The molecule has 0 saturated heterocycles. The van der Waals surface area contributed by atoms with E-state index in [4.69, 9.17) is 9.84 Å². The van der Waals surface area contributed by atoms with Crippen molar-refractivity contribution in [1.29, 1.82) is 0 Å². The van der Waals surface area contributed by atoms with Crippen LogP contribution in [-0.2, 0) is 6.54 Å². The molecule has 18 heavy (non-hydrogen) atoms. The zero-order valence-corrected chi connectivity index (χ0v) is 10.3. The first-order valence-electron chi connectivity index (χ1n) is 5.50. The van der Waals surface area contributed by atoms with Gasteiger partial charge < -0.3 is 9.84 Å². The quantitative estimate of drug-likeness (QED) is 0.895. The van der Waals surface area contributed by atoms with E-state index >= 15 is 0 Å². The summed E-state index contributed by atoms with van der Waals surface area (Å²) < 4.78 is 6.88. The molecule has 0 fully saturated rings. The molecule has 0 radical (unpaired) electrons. The van der Waals surface area contributed by atoms with Crippen LogP contribution in [-0.4, -0.2) is 28.0 Å². The Morgan fingerprint density at radius 3 is 2.78 bits per heavy atom. The number of nitrogens with zero attached hydrogens (tertiary/aromatic N) is 2. The smallest absolute Gasteiger partial charge is 0.339 e. The third-order valence-corrected chi connectivity index (χ3v) is 2.61. The summed E-state index contributed by atoms with van der Waals surface area (Å²) in [5, 5.41) is 13.3. The van der Waals surface area contributed by atoms with Gasteiger partial charge in [-0.05, 0) is 30.7 Å². The van der Waals surface area contributed by atoms with Crippen LogP contribution in [0.15, 0.2) is 30.5 Å². The van der Waals surface area contributed by atoms with Crippen molar-refractivity contribution < 1.29 is 14.6 Å². The van der Waals surface area contributed by atoms with Crippen molar-refractivity contribution in [2.24, 2.45) is 0 Å². The van der Waals surface area contributed by atoms with Gasteiger partial charge in [0.1, 0.15) is 11.3 Å². The van der Waals surface area contributed by atoms with E-state index in [9.17, 15) is 4.79 Å². The Bertz CT molecular complexity index is 575. The largest absolute Gasteiger partial charge is 0.496 e. The second kappa shape index (κ2) is 4.91. The zero-order chi connectivity index (χ0) is 13.1. The highest BCUT2D eigenvalue weighted by molar-refractivity contribution is 5.90. The van der Waals surface area contributed by atoms with Gasteiger partial charge in [0.25, 0.3) is 0 Å². The number of carboxylic acid groups (broad SMARTS) is 1. The monoisotopic (exact) mass is 246 g/mol. The number of aromatic nitrogens is 2. The van der Waals surface area contributed by atoms with E-state index in [1.165, 1.54) is 7.11 Å². The third kappa shape index (κ3) is 2.51. The molecule has 0 bridgehead atoms. The van der Waals surface area contributed by atoms with Gasteiger partial charge in [-0.3, -0.25) is 4.68 Å². The molecule has 1 aromatic carbocycles. The van der Waals surface area contributed by atoms with Crippen molar-refractivity contribution in [2.45, 2.75) is 13.5 Å². The Morgan fingerprint density at radius 2 is 2.22 bits per heavy atom. The molecular formula is C13H14N2O3. The maximum atomic E-state index is 11.0. The van der Waals surface area contributed by atoms with E-state index in [1.54, 1.807) is 22.9 Å². The molecule has 1 heterocycles. The van der Waals surface area contributed by atoms with Crippen LogP contribution in [0, 0.1) is 6.92 Å². The van der Waals surface area contributed by atoms with Crippen molar-refractivity contribution in [3.63, 3.8) is 0 Å². The summed E-state index contributed by atoms with van der Waals surface area (Å²) in [6.45, 7) is 2.51. The Balaban J connectivity index is 2.27. The molecule has 0 saturated carbocycles. The van der Waals surface area contributed by atoms with Crippen molar-refractivity contribution in [3.8, 4) is 5.75 Å². The summed E-state index contributed by atoms with van der Waals surface area (Å²) in [5.74, 6) is -0.628. The van der Waals surface area contributed by atoms with Crippen molar-refractivity contribution in [3.05, 3.63) is 47.3 Å². The highest BCUT2D eigenvalue weighted by Gasteiger charge is 2.11. The van der Waals surface area contributed by atoms with Crippen molar-refractivity contribution in [2.75, 3.05) is 7.11 Å². The van der Waals surface area contributed by atoms with Crippen LogP contribution in [0.25, 0.3) is 0 Å². The Labute approximate surface area is 105 Å². The standard InChI is InChI=1S/C13H14N2O3/c1-9-5-6-15(14-9)8-10-3-4-11(13(16)17)12(7-10)18-2/h3-7H,8H2,1-2H3,(H,16,17). The first kappa shape index (κ1) is 12.2. The summed E-state index contributed by atoms with van der Waals surface area (Å²) in [6.07, 6.45) is 1.88. The summed E-state index contributed by atoms with van der Waals surface area (Å²) >= 11 is 0. The Kier molecular flexibility index (Phi) is 3.32. The number of aryl methyl sites for hydroxylation is 1. The van der Waals surface area contributed by atoms with E-state index in [0.717, 1.165) is 11.3 Å². The van der Waals surface area contributed by atoms with Crippen LogP contribution in [0.4, 0.5) is 0 Å². The maximum absolute atomic E-state index is 11.0. The predicted octanol–water partition coefficient (Wildman–Crippen LogP) is 1.95. The second-order valence-corrected chi connectivity index (χ2v) is 3.99.